The third-order valence-corrected chi connectivity index (χ3v) is 13.0. The van der Waals surface area contributed by atoms with Crippen LogP contribution in [0.4, 0.5) is 0 Å². The van der Waals surface area contributed by atoms with E-state index in [9.17, 15) is 0 Å². The number of hydrogen-bond donors (Lipinski definition) is 0. The lowest BCUT2D eigenvalue weighted by atomic mass is 9.89. The highest BCUT2D eigenvalue weighted by Crippen LogP contribution is 2.42. The highest BCUT2D eigenvalue weighted by atomic mass is 32.1. The van der Waals surface area contributed by atoms with E-state index in [1.165, 1.54) is 63.6 Å². The largest absolute Gasteiger partial charge is 0.208 e. The minimum absolute atomic E-state index is 0.629. The molecular weight excluding hydrogens is 759 g/mol. The SMILES string of the molecule is c1ccc(-c2ccccc2-c2nc(-c3cccc(-c4cccc(-c5c6ccccc6cc6c5ccc5ccccc56)c4)c3)nc(-c3cccc4sc5ccccc5c34)n2)cc1. The molecule has 0 unspecified atom stereocenters. The van der Waals surface area contributed by atoms with Gasteiger partial charge in [0.2, 0.25) is 0 Å². The number of nitrogens with zero attached hydrogens (tertiary/aromatic N) is 3. The fourth-order valence-electron chi connectivity index (χ4n) is 9.08. The first-order valence-electron chi connectivity index (χ1n) is 20.6. The summed E-state index contributed by atoms with van der Waals surface area (Å²) < 4.78 is 2.45. The summed E-state index contributed by atoms with van der Waals surface area (Å²) in [6.45, 7) is 0. The monoisotopic (exact) mass is 793 g/mol. The molecule has 0 bridgehead atoms. The Balaban J connectivity index is 1.04. The molecule has 284 valence electrons. The van der Waals surface area contributed by atoms with Crippen LogP contribution in [0.3, 0.4) is 0 Å². The van der Waals surface area contributed by atoms with Crippen molar-refractivity contribution >= 4 is 63.8 Å². The molecule has 2 heterocycles. The summed E-state index contributed by atoms with van der Waals surface area (Å²) in [5.74, 6) is 1.92. The van der Waals surface area contributed by atoms with Crippen LogP contribution in [0.15, 0.2) is 212 Å². The molecular formula is C57H35N3S. The first kappa shape index (κ1) is 35.2. The fourth-order valence-corrected chi connectivity index (χ4v) is 10.2. The molecule has 0 amide bonds. The Labute approximate surface area is 356 Å². The Bertz CT molecular complexity index is 3660. The molecule has 0 spiro atoms. The zero-order valence-corrected chi connectivity index (χ0v) is 33.8. The maximum atomic E-state index is 5.31. The van der Waals surface area contributed by atoms with E-state index >= 15 is 0 Å². The van der Waals surface area contributed by atoms with Crippen LogP contribution in [0, 0.1) is 0 Å². The zero-order chi connectivity index (χ0) is 40.3. The molecule has 0 N–H and O–H groups in total. The zero-order valence-electron chi connectivity index (χ0n) is 33.0. The van der Waals surface area contributed by atoms with Gasteiger partial charge >= 0.3 is 0 Å². The van der Waals surface area contributed by atoms with Crippen LogP contribution in [-0.4, -0.2) is 15.0 Å². The molecule has 0 fully saturated rings. The second-order valence-corrected chi connectivity index (χ2v) is 16.6. The Kier molecular flexibility index (Phi) is 8.36. The first-order valence-corrected chi connectivity index (χ1v) is 21.4. The molecule has 0 aliphatic carbocycles. The maximum absolute atomic E-state index is 5.31. The normalized spacial score (nSPS) is 11.6. The van der Waals surface area contributed by atoms with Crippen molar-refractivity contribution in [2.45, 2.75) is 0 Å². The van der Waals surface area contributed by atoms with E-state index in [1.54, 1.807) is 11.3 Å². The van der Waals surface area contributed by atoms with Gasteiger partial charge in [0.25, 0.3) is 0 Å². The molecule has 0 saturated carbocycles. The highest BCUT2D eigenvalue weighted by Gasteiger charge is 2.19. The standard InChI is InChI=1S/C57H35N3S/c1-2-15-36(16-3-1)43-23-8-9-26-47(43)56-58-55(59-57(60-56)49-28-14-30-52-54(49)48-27-10-11-29-51(48)61-52)42-22-13-20-39(34-42)38-19-12-21-41(33-38)53-45-25-7-5-18-40(45)35-50-44-24-6-4-17-37(44)31-32-46(50)53/h1-35H. The lowest BCUT2D eigenvalue weighted by Gasteiger charge is -2.15. The van der Waals surface area contributed by atoms with E-state index in [1.807, 2.05) is 6.07 Å². The molecule has 12 rings (SSSR count). The van der Waals surface area contributed by atoms with Crippen LogP contribution in [-0.2, 0) is 0 Å². The van der Waals surface area contributed by atoms with Crippen LogP contribution in [0.5, 0.6) is 0 Å². The third kappa shape index (κ3) is 6.07. The molecule has 2 aromatic heterocycles. The van der Waals surface area contributed by atoms with Gasteiger partial charge < -0.3 is 0 Å². The smallest absolute Gasteiger partial charge is 0.164 e. The number of benzene rings is 10. The lowest BCUT2D eigenvalue weighted by molar-refractivity contribution is 1.08. The molecule has 4 heteroatoms. The predicted molar refractivity (Wildman–Crippen MR) is 258 cm³/mol. The number of aromatic nitrogens is 3. The Morgan fingerprint density at radius 2 is 0.836 bits per heavy atom. The van der Waals surface area contributed by atoms with Crippen molar-refractivity contribution in [3.63, 3.8) is 0 Å². The van der Waals surface area contributed by atoms with Gasteiger partial charge in [0.05, 0.1) is 0 Å². The second-order valence-electron chi connectivity index (χ2n) is 15.5. The van der Waals surface area contributed by atoms with Crippen molar-refractivity contribution in [1.29, 1.82) is 0 Å². The second kappa shape index (κ2) is 14.5. The van der Waals surface area contributed by atoms with Crippen LogP contribution < -0.4 is 0 Å². The van der Waals surface area contributed by atoms with Crippen molar-refractivity contribution in [2.75, 3.05) is 0 Å². The molecule has 61 heavy (non-hydrogen) atoms. The van der Waals surface area contributed by atoms with Gasteiger partial charge in [-0.15, -0.1) is 11.3 Å². The van der Waals surface area contributed by atoms with E-state index in [0.717, 1.165) is 38.9 Å². The van der Waals surface area contributed by atoms with Gasteiger partial charge in [-0.3, -0.25) is 0 Å². The van der Waals surface area contributed by atoms with Crippen molar-refractivity contribution in [3.05, 3.63) is 212 Å². The van der Waals surface area contributed by atoms with Crippen molar-refractivity contribution in [3.8, 4) is 67.5 Å². The van der Waals surface area contributed by atoms with Gasteiger partial charge in [0.1, 0.15) is 0 Å². The van der Waals surface area contributed by atoms with Gasteiger partial charge in [-0.1, -0.05) is 182 Å². The third-order valence-electron chi connectivity index (χ3n) is 11.9. The number of thiophene rings is 1. The summed E-state index contributed by atoms with van der Waals surface area (Å²) in [6, 6.07) is 75.8. The molecule has 12 aromatic rings. The molecule has 0 aliphatic heterocycles. The maximum Gasteiger partial charge on any atom is 0.164 e. The number of fused-ring (bicyclic) bond motifs is 7. The van der Waals surface area contributed by atoms with Gasteiger partial charge in [-0.25, -0.2) is 15.0 Å². The highest BCUT2D eigenvalue weighted by molar-refractivity contribution is 7.25. The molecule has 10 aromatic carbocycles. The van der Waals surface area contributed by atoms with Crippen molar-refractivity contribution < 1.29 is 0 Å². The van der Waals surface area contributed by atoms with Crippen LogP contribution >= 0.6 is 11.3 Å². The topological polar surface area (TPSA) is 38.7 Å². The molecule has 3 nitrogen and oxygen atoms in total. The Morgan fingerprint density at radius 3 is 1.67 bits per heavy atom. The predicted octanol–water partition coefficient (Wildman–Crippen LogP) is 15.7. The summed E-state index contributed by atoms with van der Waals surface area (Å²) >= 11 is 1.80. The van der Waals surface area contributed by atoms with Crippen LogP contribution in [0.1, 0.15) is 0 Å². The molecule has 0 radical (unpaired) electrons. The fraction of sp³-hybridized carbons (Fsp3) is 0. The van der Waals surface area contributed by atoms with E-state index < -0.39 is 0 Å². The van der Waals surface area contributed by atoms with Crippen molar-refractivity contribution in [2.24, 2.45) is 0 Å². The van der Waals surface area contributed by atoms with Crippen molar-refractivity contribution in [1.82, 2.24) is 15.0 Å². The summed E-state index contributed by atoms with van der Waals surface area (Å²) in [5.41, 5.74) is 9.71. The Morgan fingerprint density at radius 1 is 0.279 bits per heavy atom. The molecule has 0 saturated heterocycles. The summed E-state index contributed by atoms with van der Waals surface area (Å²) in [4.78, 5) is 15.9. The molecule has 0 atom stereocenters. The first-order chi connectivity index (χ1) is 30.2. The van der Waals surface area contributed by atoms with E-state index in [0.29, 0.717) is 17.5 Å². The van der Waals surface area contributed by atoms with Gasteiger partial charge in [0.15, 0.2) is 17.5 Å². The summed E-state index contributed by atoms with van der Waals surface area (Å²) in [7, 11) is 0. The number of rotatable bonds is 6. The van der Waals surface area contributed by atoms with Crippen LogP contribution in [0.2, 0.25) is 0 Å². The van der Waals surface area contributed by atoms with Gasteiger partial charge in [-0.2, -0.15) is 0 Å². The minimum Gasteiger partial charge on any atom is -0.208 e. The summed E-state index contributed by atoms with van der Waals surface area (Å²) in [6.07, 6.45) is 0. The average molecular weight is 794 g/mol. The summed E-state index contributed by atoms with van der Waals surface area (Å²) in [5, 5.41) is 9.87. The Hall–Kier alpha value is -7.79. The quantitative estimate of drug-likeness (QED) is 0.124. The average Bonchev–Trinajstić information content (AvgIpc) is 3.72. The van der Waals surface area contributed by atoms with E-state index in [-0.39, 0.29) is 0 Å². The van der Waals surface area contributed by atoms with Gasteiger partial charge in [0, 0.05) is 36.9 Å². The van der Waals surface area contributed by atoms with E-state index in [2.05, 4.69) is 206 Å². The van der Waals surface area contributed by atoms with E-state index in [4.69, 9.17) is 15.0 Å². The lowest BCUT2D eigenvalue weighted by Crippen LogP contribution is -2.01. The number of hydrogen-bond acceptors (Lipinski definition) is 4. The minimum atomic E-state index is 0.629. The van der Waals surface area contributed by atoms with Crippen LogP contribution in [0.25, 0.3) is 120 Å². The van der Waals surface area contributed by atoms with Gasteiger partial charge in [-0.05, 0) is 96.0 Å². The molecule has 0 aliphatic rings.